The summed E-state index contributed by atoms with van der Waals surface area (Å²) in [5.41, 5.74) is 7.91. The van der Waals surface area contributed by atoms with E-state index in [4.69, 9.17) is 10.3 Å². The highest BCUT2D eigenvalue weighted by Crippen LogP contribution is 2.20. The molecule has 0 radical (unpaired) electrons. The molecule has 0 aliphatic heterocycles. The van der Waals surface area contributed by atoms with Crippen LogP contribution in [0.4, 0.5) is 0 Å². The summed E-state index contributed by atoms with van der Waals surface area (Å²) >= 11 is 0. The molecule has 104 valence electrons. The van der Waals surface area contributed by atoms with Crippen LogP contribution < -0.4 is 0 Å². The van der Waals surface area contributed by atoms with Gasteiger partial charge >= 0.3 is 5.97 Å². The molecule has 2 atom stereocenters. The van der Waals surface area contributed by atoms with Crippen LogP contribution in [0.1, 0.15) is 53.9 Å². The molecule has 0 saturated carbocycles. The van der Waals surface area contributed by atoms with E-state index in [-0.39, 0.29) is 11.9 Å². The van der Waals surface area contributed by atoms with Crippen molar-refractivity contribution in [2.45, 2.75) is 59.5 Å². The number of ether oxygens (including phenoxy) is 1. The Morgan fingerprint density at radius 1 is 1.44 bits per heavy atom. The van der Waals surface area contributed by atoms with Gasteiger partial charge in [0.25, 0.3) is 0 Å². The molecule has 0 spiro atoms. The minimum absolute atomic E-state index is 0.0747. The third kappa shape index (κ3) is 8.88. The van der Waals surface area contributed by atoms with Gasteiger partial charge in [0.1, 0.15) is 5.60 Å². The van der Waals surface area contributed by atoms with Gasteiger partial charge in [0.2, 0.25) is 0 Å². The lowest BCUT2D eigenvalue weighted by atomic mass is 9.91. The lowest BCUT2D eigenvalue weighted by Gasteiger charge is -2.22. The van der Waals surface area contributed by atoms with E-state index in [2.05, 4.69) is 23.9 Å². The van der Waals surface area contributed by atoms with Gasteiger partial charge in [0, 0.05) is 17.9 Å². The molecule has 0 unspecified atom stereocenters. The van der Waals surface area contributed by atoms with E-state index >= 15 is 0 Å². The van der Waals surface area contributed by atoms with Crippen LogP contribution in [0.2, 0.25) is 0 Å². The van der Waals surface area contributed by atoms with Crippen LogP contribution >= 0.6 is 0 Å². The lowest BCUT2D eigenvalue weighted by Crippen LogP contribution is -2.26. The summed E-state index contributed by atoms with van der Waals surface area (Å²) in [7, 11) is 0. The predicted molar refractivity (Wildman–Crippen MR) is 72.0 cm³/mol. The van der Waals surface area contributed by atoms with Crippen molar-refractivity contribution < 1.29 is 9.53 Å². The highest BCUT2D eigenvalue weighted by molar-refractivity contribution is 5.70. The molecule has 0 aromatic carbocycles. The van der Waals surface area contributed by atoms with Crippen LogP contribution in [0.25, 0.3) is 10.4 Å². The number of rotatable bonds is 7. The summed E-state index contributed by atoms with van der Waals surface area (Å²) < 4.78 is 5.29. The Bertz CT molecular complexity index is 304. The van der Waals surface area contributed by atoms with E-state index in [1.165, 1.54) is 0 Å². The Morgan fingerprint density at radius 2 is 2.06 bits per heavy atom. The summed E-state index contributed by atoms with van der Waals surface area (Å²) in [4.78, 5) is 14.5. The van der Waals surface area contributed by atoms with Crippen molar-refractivity contribution in [1.82, 2.24) is 0 Å². The number of hydrogen-bond acceptors (Lipinski definition) is 3. The molecule has 0 heterocycles. The van der Waals surface area contributed by atoms with E-state index in [9.17, 15) is 4.79 Å². The van der Waals surface area contributed by atoms with Gasteiger partial charge in [-0.25, -0.2) is 0 Å². The SMILES string of the molecule is CC[C@@H](C)C[C@H](CN=[N+]=[N-])CC(=O)OC(C)(C)C. The highest BCUT2D eigenvalue weighted by atomic mass is 16.6. The van der Waals surface area contributed by atoms with Crippen LogP contribution in [0, 0.1) is 11.8 Å². The summed E-state index contributed by atoms with van der Waals surface area (Å²) in [5, 5.41) is 3.58. The average Bonchev–Trinajstić information content (AvgIpc) is 2.22. The molecule has 5 heteroatoms. The number of carbonyl (C=O) groups excluding carboxylic acids is 1. The Balaban J connectivity index is 4.38. The molecule has 0 aliphatic rings. The molecular weight excluding hydrogens is 230 g/mol. The van der Waals surface area contributed by atoms with Crippen molar-refractivity contribution in [2.24, 2.45) is 17.0 Å². The van der Waals surface area contributed by atoms with Crippen molar-refractivity contribution in [3.05, 3.63) is 10.4 Å². The van der Waals surface area contributed by atoms with Gasteiger partial charge in [-0.3, -0.25) is 4.79 Å². The van der Waals surface area contributed by atoms with E-state index in [0.29, 0.717) is 18.9 Å². The van der Waals surface area contributed by atoms with Gasteiger partial charge in [0.05, 0.1) is 0 Å². The first-order valence-electron chi connectivity index (χ1n) is 6.51. The quantitative estimate of drug-likeness (QED) is 0.297. The summed E-state index contributed by atoms with van der Waals surface area (Å²) in [6.07, 6.45) is 2.26. The van der Waals surface area contributed by atoms with Gasteiger partial charge in [-0.1, -0.05) is 25.4 Å². The standard InChI is InChI=1S/C13H25N3O2/c1-6-10(2)7-11(9-15-16-14)8-12(17)18-13(3,4)5/h10-11H,6-9H2,1-5H3/t10-,11+/m1/s1. The molecule has 5 nitrogen and oxygen atoms in total. The second-order valence-corrected chi connectivity index (χ2v) is 5.82. The molecule has 18 heavy (non-hydrogen) atoms. The second kappa shape index (κ2) is 7.98. The number of carbonyl (C=O) groups is 1. The largest absolute Gasteiger partial charge is 0.460 e. The zero-order valence-corrected chi connectivity index (χ0v) is 12.1. The number of azide groups is 1. The monoisotopic (exact) mass is 255 g/mol. The molecule has 0 amide bonds. The van der Waals surface area contributed by atoms with E-state index in [1.807, 2.05) is 20.8 Å². The summed E-state index contributed by atoms with van der Waals surface area (Å²) in [6.45, 7) is 10.2. The van der Waals surface area contributed by atoms with Crippen molar-refractivity contribution in [2.75, 3.05) is 6.54 Å². The first-order valence-corrected chi connectivity index (χ1v) is 6.51. The third-order valence-corrected chi connectivity index (χ3v) is 2.71. The summed E-state index contributed by atoms with van der Waals surface area (Å²) in [5.74, 6) is 0.376. The molecular formula is C13H25N3O2. The van der Waals surface area contributed by atoms with Crippen LogP contribution in [0.15, 0.2) is 5.11 Å². The lowest BCUT2D eigenvalue weighted by molar-refractivity contribution is -0.156. The first-order chi connectivity index (χ1) is 8.28. The smallest absolute Gasteiger partial charge is 0.306 e. The zero-order valence-electron chi connectivity index (χ0n) is 12.1. The Morgan fingerprint density at radius 3 is 2.50 bits per heavy atom. The molecule has 0 aromatic rings. The topological polar surface area (TPSA) is 75.1 Å². The second-order valence-electron chi connectivity index (χ2n) is 5.82. The van der Waals surface area contributed by atoms with Crippen molar-refractivity contribution in [3.8, 4) is 0 Å². The van der Waals surface area contributed by atoms with Crippen molar-refractivity contribution in [3.63, 3.8) is 0 Å². The highest BCUT2D eigenvalue weighted by Gasteiger charge is 2.21. The Kier molecular flexibility index (Phi) is 7.44. The van der Waals surface area contributed by atoms with Crippen LogP contribution in [0.3, 0.4) is 0 Å². The van der Waals surface area contributed by atoms with Gasteiger partial charge in [-0.15, -0.1) is 0 Å². The maximum Gasteiger partial charge on any atom is 0.306 e. The Hall–Kier alpha value is -1.22. The molecule has 0 bridgehead atoms. The predicted octanol–water partition coefficient (Wildman–Crippen LogP) is 4.08. The Labute approximate surface area is 110 Å². The fourth-order valence-corrected chi connectivity index (χ4v) is 1.73. The van der Waals surface area contributed by atoms with Gasteiger partial charge < -0.3 is 4.74 Å². The molecule has 0 saturated heterocycles. The third-order valence-electron chi connectivity index (χ3n) is 2.71. The van der Waals surface area contributed by atoms with Crippen molar-refractivity contribution in [1.29, 1.82) is 0 Å². The average molecular weight is 255 g/mol. The van der Waals surface area contributed by atoms with Crippen LogP contribution in [-0.2, 0) is 9.53 Å². The molecule has 0 fully saturated rings. The van der Waals surface area contributed by atoms with Gasteiger partial charge in [-0.05, 0) is 44.6 Å². The van der Waals surface area contributed by atoms with Gasteiger partial charge in [0.15, 0.2) is 0 Å². The summed E-state index contributed by atoms with van der Waals surface area (Å²) in [6, 6.07) is 0. The van der Waals surface area contributed by atoms with Gasteiger partial charge in [-0.2, -0.15) is 0 Å². The first kappa shape index (κ1) is 16.8. The van der Waals surface area contributed by atoms with Crippen LogP contribution in [0.5, 0.6) is 0 Å². The minimum Gasteiger partial charge on any atom is -0.460 e. The number of hydrogen-bond donors (Lipinski definition) is 0. The fraction of sp³-hybridized carbons (Fsp3) is 0.923. The fourth-order valence-electron chi connectivity index (χ4n) is 1.73. The molecule has 0 aromatic heterocycles. The molecule has 0 rings (SSSR count). The van der Waals surface area contributed by atoms with E-state index in [1.54, 1.807) is 0 Å². The molecule has 0 N–H and O–H groups in total. The maximum absolute atomic E-state index is 11.7. The zero-order chi connectivity index (χ0) is 14.2. The number of nitrogens with zero attached hydrogens (tertiary/aromatic N) is 3. The molecule has 0 aliphatic carbocycles. The van der Waals surface area contributed by atoms with Crippen molar-refractivity contribution >= 4 is 5.97 Å². The van der Waals surface area contributed by atoms with Crippen LogP contribution in [-0.4, -0.2) is 18.1 Å². The minimum atomic E-state index is -0.462. The maximum atomic E-state index is 11.7. The normalized spacial score (nSPS) is 14.5. The van der Waals surface area contributed by atoms with E-state index in [0.717, 1.165) is 12.8 Å². The van der Waals surface area contributed by atoms with E-state index < -0.39 is 5.60 Å². The number of esters is 1.